The maximum atomic E-state index is 12.2. The van der Waals surface area contributed by atoms with Crippen molar-refractivity contribution in [3.63, 3.8) is 0 Å². The minimum absolute atomic E-state index is 0.147. The van der Waals surface area contributed by atoms with Gasteiger partial charge in [-0.15, -0.1) is 6.58 Å². The molecule has 0 radical (unpaired) electrons. The predicted molar refractivity (Wildman–Crippen MR) is 88.0 cm³/mol. The minimum atomic E-state index is 0.147. The Kier molecular flexibility index (Phi) is 3.28. The van der Waals surface area contributed by atoms with E-state index in [1.54, 1.807) is 0 Å². The molecule has 2 fully saturated rings. The van der Waals surface area contributed by atoms with Gasteiger partial charge in [0.2, 0.25) is 0 Å². The lowest BCUT2D eigenvalue weighted by molar-refractivity contribution is -0.119. The van der Waals surface area contributed by atoms with Gasteiger partial charge in [0.1, 0.15) is 0 Å². The summed E-state index contributed by atoms with van der Waals surface area (Å²) in [5, 5.41) is 0. The van der Waals surface area contributed by atoms with E-state index in [2.05, 4.69) is 40.3 Å². The summed E-state index contributed by atoms with van der Waals surface area (Å²) < 4.78 is 0. The molecule has 1 heteroatoms. The molecule has 2 saturated carbocycles. The number of ketones is 1. The summed E-state index contributed by atoms with van der Waals surface area (Å²) in [5.41, 5.74) is 2.19. The highest BCUT2D eigenvalue weighted by Gasteiger charge is 2.53. The highest BCUT2D eigenvalue weighted by atomic mass is 16.1. The van der Waals surface area contributed by atoms with Crippen molar-refractivity contribution in [2.75, 3.05) is 0 Å². The van der Waals surface area contributed by atoms with E-state index in [1.807, 2.05) is 6.08 Å². The zero-order valence-electron chi connectivity index (χ0n) is 14.2. The van der Waals surface area contributed by atoms with Gasteiger partial charge in [0.25, 0.3) is 0 Å². The third-order valence-corrected chi connectivity index (χ3v) is 7.05. The molecule has 0 saturated heterocycles. The Morgan fingerprint density at radius 3 is 2.57 bits per heavy atom. The average Bonchev–Trinajstić information content (AvgIpc) is 2.39. The van der Waals surface area contributed by atoms with E-state index in [0.717, 1.165) is 12.3 Å². The SMILES string of the molecule is C=C[C@@]1(C)CC[C@]2(C)C3=CC(=O)CC(C)(C)[C@H]3CC[C@H]2C1. The number of fused-ring (bicyclic) bond motifs is 3. The highest BCUT2D eigenvalue weighted by Crippen LogP contribution is 2.62. The van der Waals surface area contributed by atoms with Crippen molar-refractivity contribution in [3.8, 4) is 0 Å². The molecule has 3 aliphatic carbocycles. The molecule has 0 bridgehead atoms. The number of hydrogen-bond acceptors (Lipinski definition) is 1. The second-order valence-electron chi connectivity index (χ2n) is 9.04. The van der Waals surface area contributed by atoms with Gasteiger partial charge in [0.15, 0.2) is 5.78 Å². The number of carbonyl (C=O) groups excluding carboxylic acids is 1. The van der Waals surface area contributed by atoms with Gasteiger partial charge in [0.05, 0.1) is 0 Å². The van der Waals surface area contributed by atoms with Gasteiger partial charge in [-0.1, -0.05) is 39.3 Å². The quantitative estimate of drug-likeness (QED) is 0.596. The van der Waals surface area contributed by atoms with Crippen molar-refractivity contribution in [1.29, 1.82) is 0 Å². The van der Waals surface area contributed by atoms with E-state index in [-0.39, 0.29) is 10.8 Å². The number of rotatable bonds is 1. The van der Waals surface area contributed by atoms with Gasteiger partial charge in [-0.3, -0.25) is 4.79 Å². The molecule has 21 heavy (non-hydrogen) atoms. The summed E-state index contributed by atoms with van der Waals surface area (Å²) in [6.45, 7) is 13.4. The molecule has 0 N–H and O–H groups in total. The van der Waals surface area contributed by atoms with Gasteiger partial charge in [0, 0.05) is 6.42 Å². The largest absolute Gasteiger partial charge is 0.295 e. The molecule has 0 aromatic rings. The lowest BCUT2D eigenvalue weighted by Gasteiger charge is -2.57. The molecule has 4 atom stereocenters. The topological polar surface area (TPSA) is 17.1 Å². The molecule has 0 unspecified atom stereocenters. The van der Waals surface area contributed by atoms with Crippen LogP contribution in [-0.4, -0.2) is 5.78 Å². The van der Waals surface area contributed by atoms with Crippen LogP contribution in [-0.2, 0) is 4.79 Å². The first-order valence-electron chi connectivity index (χ1n) is 8.59. The first kappa shape index (κ1) is 15.1. The number of hydrogen-bond donors (Lipinski definition) is 0. The molecule has 0 amide bonds. The van der Waals surface area contributed by atoms with Crippen LogP contribution in [0.15, 0.2) is 24.3 Å². The zero-order chi connectivity index (χ0) is 15.5. The molecule has 3 rings (SSSR count). The standard InChI is InChI=1S/C20H30O/c1-6-19(4)9-10-20(5)14(12-19)7-8-16-17(20)11-15(21)13-18(16,2)3/h6,11,14,16H,1,7-10,12-13H2,2-5H3/t14-,16-,19-,20-/m0/s1. The van der Waals surface area contributed by atoms with E-state index in [0.29, 0.717) is 17.1 Å². The third kappa shape index (κ3) is 2.24. The lowest BCUT2D eigenvalue weighted by atomic mass is 9.47. The van der Waals surface area contributed by atoms with Crippen LogP contribution in [0.3, 0.4) is 0 Å². The highest BCUT2D eigenvalue weighted by molar-refractivity contribution is 5.92. The summed E-state index contributed by atoms with van der Waals surface area (Å²) in [5.74, 6) is 1.69. The van der Waals surface area contributed by atoms with Crippen LogP contribution in [0.4, 0.5) is 0 Å². The van der Waals surface area contributed by atoms with E-state index in [9.17, 15) is 4.79 Å². The second kappa shape index (κ2) is 4.57. The first-order valence-corrected chi connectivity index (χ1v) is 8.59. The Morgan fingerprint density at radius 1 is 1.19 bits per heavy atom. The average molecular weight is 286 g/mol. The van der Waals surface area contributed by atoms with Crippen LogP contribution < -0.4 is 0 Å². The molecular formula is C20H30O. The van der Waals surface area contributed by atoms with Crippen LogP contribution in [0.2, 0.25) is 0 Å². The Morgan fingerprint density at radius 2 is 1.90 bits per heavy atom. The van der Waals surface area contributed by atoms with Crippen molar-refractivity contribution in [3.05, 3.63) is 24.3 Å². The van der Waals surface area contributed by atoms with E-state index in [4.69, 9.17) is 0 Å². The Labute approximate surface area is 129 Å². The van der Waals surface area contributed by atoms with Crippen LogP contribution in [0, 0.1) is 28.1 Å². The maximum absolute atomic E-state index is 12.2. The monoisotopic (exact) mass is 286 g/mol. The van der Waals surface area contributed by atoms with Crippen molar-refractivity contribution >= 4 is 5.78 Å². The molecule has 0 aromatic carbocycles. The molecule has 0 aromatic heterocycles. The van der Waals surface area contributed by atoms with E-state index in [1.165, 1.54) is 37.7 Å². The van der Waals surface area contributed by atoms with Gasteiger partial charge in [-0.2, -0.15) is 0 Å². The van der Waals surface area contributed by atoms with Gasteiger partial charge >= 0.3 is 0 Å². The summed E-state index contributed by atoms with van der Waals surface area (Å²) in [6.07, 6.45) is 11.2. The number of allylic oxidation sites excluding steroid dienone is 3. The van der Waals surface area contributed by atoms with Crippen LogP contribution >= 0.6 is 0 Å². The van der Waals surface area contributed by atoms with Crippen LogP contribution in [0.25, 0.3) is 0 Å². The maximum Gasteiger partial charge on any atom is 0.156 e. The smallest absolute Gasteiger partial charge is 0.156 e. The Bertz CT molecular complexity index is 512. The normalized spacial score (nSPS) is 45.3. The van der Waals surface area contributed by atoms with Gasteiger partial charge in [-0.05, 0) is 66.3 Å². The van der Waals surface area contributed by atoms with Crippen molar-refractivity contribution < 1.29 is 4.79 Å². The fourth-order valence-corrected chi connectivity index (χ4v) is 5.42. The Balaban J connectivity index is 1.98. The molecule has 3 aliphatic rings. The lowest BCUT2D eigenvalue weighted by Crippen LogP contribution is -2.48. The second-order valence-corrected chi connectivity index (χ2v) is 9.04. The van der Waals surface area contributed by atoms with Crippen molar-refractivity contribution in [1.82, 2.24) is 0 Å². The molecule has 116 valence electrons. The van der Waals surface area contributed by atoms with Gasteiger partial charge in [-0.25, -0.2) is 0 Å². The van der Waals surface area contributed by atoms with Crippen molar-refractivity contribution in [2.45, 2.75) is 66.2 Å². The van der Waals surface area contributed by atoms with Crippen LogP contribution in [0.5, 0.6) is 0 Å². The minimum Gasteiger partial charge on any atom is -0.295 e. The molecule has 0 aliphatic heterocycles. The summed E-state index contributed by atoms with van der Waals surface area (Å²) in [6, 6.07) is 0. The summed E-state index contributed by atoms with van der Waals surface area (Å²) >= 11 is 0. The van der Waals surface area contributed by atoms with Gasteiger partial charge < -0.3 is 0 Å². The molecule has 0 spiro atoms. The third-order valence-electron chi connectivity index (χ3n) is 7.05. The first-order chi connectivity index (χ1) is 9.70. The van der Waals surface area contributed by atoms with E-state index >= 15 is 0 Å². The van der Waals surface area contributed by atoms with E-state index < -0.39 is 0 Å². The summed E-state index contributed by atoms with van der Waals surface area (Å²) in [4.78, 5) is 12.2. The molecule has 1 nitrogen and oxygen atoms in total. The summed E-state index contributed by atoms with van der Waals surface area (Å²) in [7, 11) is 0. The Hall–Kier alpha value is -0.850. The predicted octanol–water partition coefficient (Wildman–Crippen LogP) is 5.32. The van der Waals surface area contributed by atoms with Crippen LogP contribution in [0.1, 0.15) is 66.2 Å². The zero-order valence-corrected chi connectivity index (χ0v) is 14.2. The van der Waals surface area contributed by atoms with Crippen molar-refractivity contribution in [2.24, 2.45) is 28.1 Å². The molecule has 0 heterocycles. The number of carbonyl (C=O) groups is 1. The fourth-order valence-electron chi connectivity index (χ4n) is 5.42. The molecular weight excluding hydrogens is 256 g/mol. The fraction of sp³-hybridized carbons (Fsp3) is 0.750.